The third-order valence-corrected chi connectivity index (χ3v) is 2.66. The van der Waals surface area contributed by atoms with E-state index in [9.17, 15) is 10.1 Å². The lowest BCUT2D eigenvalue weighted by Gasteiger charge is -2.02. The highest BCUT2D eigenvalue weighted by Gasteiger charge is 2.06. The highest BCUT2D eigenvalue weighted by Crippen LogP contribution is 2.21. The maximum Gasteiger partial charge on any atom is 0.269 e. The Kier molecular flexibility index (Phi) is 3.35. The Labute approximate surface area is 103 Å². The Morgan fingerprint density at radius 3 is 2.53 bits per heavy atom. The second-order valence-electron chi connectivity index (χ2n) is 3.49. The second-order valence-corrected chi connectivity index (χ2v) is 3.75. The summed E-state index contributed by atoms with van der Waals surface area (Å²) in [4.78, 5) is 14.3. The fourth-order valence-corrected chi connectivity index (χ4v) is 1.64. The van der Waals surface area contributed by atoms with Gasteiger partial charge in [-0.3, -0.25) is 15.1 Å². The summed E-state index contributed by atoms with van der Waals surface area (Å²) in [6.07, 6.45) is 1.68. The number of hydrogen-bond acceptors (Lipinski definition) is 3. The molecule has 0 amide bonds. The average Bonchev–Trinajstić information content (AvgIpc) is 2.39. The van der Waals surface area contributed by atoms with Crippen LogP contribution in [0.25, 0.3) is 11.3 Å². The van der Waals surface area contributed by atoms with Crippen molar-refractivity contribution in [2.45, 2.75) is 5.88 Å². The molecule has 86 valence electrons. The Morgan fingerprint density at radius 1 is 1.24 bits per heavy atom. The number of nitro benzene ring substituents is 1. The Hall–Kier alpha value is -1.94. The van der Waals surface area contributed by atoms with Crippen molar-refractivity contribution in [3.63, 3.8) is 0 Å². The zero-order chi connectivity index (χ0) is 12.3. The second kappa shape index (κ2) is 4.93. The number of nitro groups is 1. The van der Waals surface area contributed by atoms with Gasteiger partial charge in [0.25, 0.3) is 5.69 Å². The lowest BCUT2D eigenvalue weighted by molar-refractivity contribution is -0.384. The highest BCUT2D eigenvalue weighted by molar-refractivity contribution is 6.17. The smallest absolute Gasteiger partial charge is 0.258 e. The minimum atomic E-state index is -0.424. The molecule has 1 aromatic heterocycles. The molecule has 1 aromatic carbocycles. The SMILES string of the molecule is O=[N+]([O-])c1ccc(-c2cc(CCl)ccn2)cc1. The Morgan fingerprint density at radius 2 is 1.94 bits per heavy atom. The molecule has 0 N–H and O–H groups in total. The zero-order valence-corrected chi connectivity index (χ0v) is 9.59. The van der Waals surface area contributed by atoms with Crippen LogP contribution in [0.4, 0.5) is 5.69 Å². The molecule has 2 rings (SSSR count). The summed E-state index contributed by atoms with van der Waals surface area (Å²) in [6.45, 7) is 0. The molecule has 0 aliphatic carbocycles. The molecule has 0 aliphatic rings. The predicted molar refractivity (Wildman–Crippen MR) is 65.9 cm³/mol. The molecular weight excluding hydrogens is 240 g/mol. The van der Waals surface area contributed by atoms with E-state index in [0.29, 0.717) is 5.88 Å². The lowest BCUT2D eigenvalue weighted by Crippen LogP contribution is -1.89. The molecule has 0 atom stereocenters. The first-order valence-electron chi connectivity index (χ1n) is 4.96. The monoisotopic (exact) mass is 248 g/mol. The van der Waals surface area contributed by atoms with Crippen LogP contribution >= 0.6 is 11.6 Å². The van der Waals surface area contributed by atoms with Crippen LogP contribution in [-0.2, 0) is 5.88 Å². The van der Waals surface area contributed by atoms with Crippen LogP contribution in [0, 0.1) is 10.1 Å². The quantitative estimate of drug-likeness (QED) is 0.475. The first-order valence-corrected chi connectivity index (χ1v) is 5.50. The first kappa shape index (κ1) is 11.5. The summed E-state index contributed by atoms with van der Waals surface area (Å²) in [6, 6.07) is 9.99. The largest absolute Gasteiger partial charge is 0.269 e. The fraction of sp³-hybridized carbons (Fsp3) is 0.0833. The van der Waals surface area contributed by atoms with Crippen molar-refractivity contribution >= 4 is 17.3 Å². The molecule has 1 heterocycles. The first-order chi connectivity index (χ1) is 8.20. The van der Waals surface area contributed by atoms with E-state index < -0.39 is 4.92 Å². The number of aromatic nitrogens is 1. The normalized spacial score (nSPS) is 10.2. The molecule has 0 saturated carbocycles. The molecule has 0 radical (unpaired) electrons. The van der Waals surface area contributed by atoms with Gasteiger partial charge in [-0.1, -0.05) is 0 Å². The third kappa shape index (κ3) is 2.60. The number of benzene rings is 1. The number of nitrogens with zero attached hydrogens (tertiary/aromatic N) is 2. The number of pyridine rings is 1. The van der Waals surface area contributed by atoms with Crippen molar-refractivity contribution in [1.29, 1.82) is 0 Å². The van der Waals surface area contributed by atoms with Crippen molar-refractivity contribution in [2.75, 3.05) is 0 Å². The third-order valence-electron chi connectivity index (χ3n) is 2.35. The van der Waals surface area contributed by atoms with Crippen LogP contribution in [0.5, 0.6) is 0 Å². The molecule has 2 aromatic rings. The molecule has 17 heavy (non-hydrogen) atoms. The molecule has 5 heteroatoms. The van der Waals surface area contributed by atoms with Gasteiger partial charge in [0.2, 0.25) is 0 Å². The predicted octanol–water partition coefficient (Wildman–Crippen LogP) is 3.40. The maximum absolute atomic E-state index is 10.5. The van der Waals surface area contributed by atoms with E-state index in [-0.39, 0.29) is 5.69 Å². The zero-order valence-electron chi connectivity index (χ0n) is 8.84. The van der Waals surface area contributed by atoms with Crippen molar-refractivity contribution in [3.05, 3.63) is 58.3 Å². The van der Waals surface area contributed by atoms with Crippen molar-refractivity contribution < 1.29 is 4.92 Å². The van der Waals surface area contributed by atoms with Crippen LogP contribution in [0.2, 0.25) is 0 Å². The molecule has 0 spiro atoms. The van der Waals surface area contributed by atoms with Gasteiger partial charge in [0, 0.05) is 29.8 Å². The number of hydrogen-bond donors (Lipinski definition) is 0. The van der Waals surface area contributed by atoms with Crippen LogP contribution in [0.15, 0.2) is 42.6 Å². The van der Waals surface area contributed by atoms with E-state index >= 15 is 0 Å². The topological polar surface area (TPSA) is 56.0 Å². The summed E-state index contributed by atoms with van der Waals surface area (Å²) in [5.41, 5.74) is 2.64. The van der Waals surface area contributed by atoms with Gasteiger partial charge in [-0.05, 0) is 29.8 Å². The van der Waals surface area contributed by atoms with Gasteiger partial charge in [0.15, 0.2) is 0 Å². The summed E-state index contributed by atoms with van der Waals surface area (Å²) < 4.78 is 0. The summed E-state index contributed by atoms with van der Waals surface area (Å²) >= 11 is 5.74. The van der Waals surface area contributed by atoms with Crippen LogP contribution in [0.3, 0.4) is 0 Å². The van der Waals surface area contributed by atoms with E-state index in [1.54, 1.807) is 18.3 Å². The van der Waals surface area contributed by atoms with Crippen molar-refractivity contribution in [2.24, 2.45) is 0 Å². The van der Waals surface area contributed by atoms with Crippen LogP contribution < -0.4 is 0 Å². The van der Waals surface area contributed by atoms with Gasteiger partial charge in [-0.25, -0.2) is 0 Å². The maximum atomic E-state index is 10.5. The van der Waals surface area contributed by atoms with Gasteiger partial charge in [-0.2, -0.15) is 0 Å². The van der Waals surface area contributed by atoms with E-state index in [4.69, 9.17) is 11.6 Å². The Bertz CT molecular complexity index is 540. The lowest BCUT2D eigenvalue weighted by atomic mass is 10.1. The van der Waals surface area contributed by atoms with Gasteiger partial charge in [0.05, 0.1) is 10.6 Å². The fourth-order valence-electron chi connectivity index (χ4n) is 1.47. The summed E-state index contributed by atoms with van der Waals surface area (Å²) in [5, 5.41) is 10.5. The van der Waals surface area contributed by atoms with E-state index in [0.717, 1.165) is 16.8 Å². The molecule has 0 saturated heterocycles. The average molecular weight is 249 g/mol. The van der Waals surface area contributed by atoms with Crippen molar-refractivity contribution in [3.8, 4) is 11.3 Å². The number of halogens is 1. The number of alkyl halides is 1. The summed E-state index contributed by atoms with van der Waals surface area (Å²) in [7, 11) is 0. The van der Waals surface area contributed by atoms with E-state index in [2.05, 4.69) is 4.98 Å². The van der Waals surface area contributed by atoms with Crippen LogP contribution in [-0.4, -0.2) is 9.91 Å². The summed E-state index contributed by atoms with van der Waals surface area (Å²) in [5.74, 6) is 0.419. The molecule has 0 fully saturated rings. The minimum Gasteiger partial charge on any atom is -0.258 e. The van der Waals surface area contributed by atoms with Gasteiger partial charge in [-0.15, -0.1) is 11.6 Å². The van der Waals surface area contributed by atoms with Crippen molar-refractivity contribution in [1.82, 2.24) is 4.98 Å². The number of non-ortho nitro benzene ring substituents is 1. The molecular formula is C12H9ClN2O2. The van der Waals surface area contributed by atoms with Gasteiger partial charge >= 0.3 is 0 Å². The van der Waals surface area contributed by atoms with Gasteiger partial charge in [0.1, 0.15) is 0 Å². The van der Waals surface area contributed by atoms with E-state index in [1.807, 2.05) is 12.1 Å². The molecule has 0 bridgehead atoms. The Balaban J connectivity index is 2.36. The van der Waals surface area contributed by atoms with Crippen LogP contribution in [0.1, 0.15) is 5.56 Å². The standard InChI is InChI=1S/C12H9ClN2O2/c13-8-9-5-6-14-12(7-9)10-1-3-11(4-2-10)15(16)17/h1-7H,8H2. The minimum absolute atomic E-state index is 0.0715. The number of rotatable bonds is 3. The molecule has 0 unspecified atom stereocenters. The van der Waals surface area contributed by atoms with E-state index in [1.165, 1.54) is 12.1 Å². The molecule has 0 aliphatic heterocycles. The highest BCUT2D eigenvalue weighted by atomic mass is 35.5. The molecule has 4 nitrogen and oxygen atoms in total. The van der Waals surface area contributed by atoms with Gasteiger partial charge < -0.3 is 0 Å².